The third-order valence-corrected chi connectivity index (χ3v) is 2.45. The fraction of sp³-hybridized carbons (Fsp3) is 0.538. The van der Waals surface area contributed by atoms with E-state index in [1.807, 2.05) is 6.07 Å². The van der Waals surface area contributed by atoms with Crippen LogP contribution in [0.3, 0.4) is 0 Å². The first kappa shape index (κ1) is 12.2. The lowest BCUT2D eigenvalue weighted by atomic mass is 10.2. The van der Waals surface area contributed by atoms with E-state index in [4.69, 9.17) is 9.47 Å². The molecule has 0 saturated carbocycles. The Morgan fingerprint density at radius 3 is 2.53 bits per heavy atom. The molecular formula is C13H20O2. The lowest BCUT2D eigenvalue weighted by molar-refractivity contribution is 0.0627. The Balaban J connectivity index is 2.03. The van der Waals surface area contributed by atoms with Crippen LogP contribution < -0.4 is 0 Å². The largest absolute Gasteiger partial charge is 0.382 e. The summed E-state index contributed by atoms with van der Waals surface area (Å²) in [6, 6.07) is 10.4. The van der Waals surface area contributed by atoms with Crippen molar-refractivity contribution in [3.8, 4) is 0 Å². The van der Waals surface area contributed by atoms with Crippen molar-refractivity contribution in [2.24, 2.45) is 0 Å². The van der Waals surface area contributed by atoms with E-state index >= 15 is 0 Å². The molecule has 2 nitrogen and oxygen atoms in total. The second kappa shape index (κ2) is 7.43. The number of methoxy groups -OCH3 is 1. The predicted octanol–water partition coefficient (Wildman–Crippen LogP) is 2.67. The van der Waals surface area contributed by atoms with Crippen LogP contribution in [0.2, 0.25) is 0 Å². The van der Waals surface area contributed by atoms with Crippen molar-refractivity contribution in [1.29, 1.82) is 0 Å². The Labute approximate surface area is 92.2 Å². The highest BCUT2D eigenvalue weighted by Gasteiger charge is 1.98. The maximum atomic E-state index is 5.53. The molecule has 0 aliphatic rings. The van der Waals surface area contributed by atoms with Gasteiger partial charge in [-0.2, -0.15) is 0 Å². The maximum Gasteiger partial charge on any atom is 0.0565 e. The van der Waals surface area contributed by atoms with Gasteiger partial charge in [-0.05, 0) is 25.3 Å². The van der Waals surface area contributed by atoms with E-state index in [0.717, 1.165) is 26.1 Å². The van der Waals surface area contributed by atoms with Gasteiger partial charge in [-0.15, -0.1) is 0 Å². The van der Waals surface area contributed by atoms with Gasteiger partial charge in [0.05, 0.1) is 12.7 Å². The molecule has 1 aromatic carbocycles. The molecule has 1 atom stereocenters. The second-order valence-electron chi connectivity index (χ2n) is 3.68. The summed E-state index contributed by atoms with van der Waals surface area (Å²) in [5.74, 6) is 0. The number of rotatable bonds is 7. The molecule has 0 saturated heterocycles. The van der Waals surface area contributed by atoms with E-state index in [2.05, 4.69) is 31.2 Å². The van der Waals surface area contributed by atoms with Crippen molar-refractivity contribution in [3.63, 3.8) is 0 Å². The smallest absolute Gasteiger partial charge is 0.0565 e. The lowest BCUT2D eigenvalue weighted by Crippen LogP contribution is -2.10. The summed E-state index contributed by atoms with van der Waals surface area (Å²) >= 11 is 0. The molecule has 1 unspecified atom stereocenters. The average Bonchev–Trinajstić information content (AvgIpc) is 2.29. The van der Waals surface area contributed by atoms with Crippen LogP contribution in [-0.2, 0) is 15.9 Å². The molecule has 1 rings (SSSR count). The van der Waals surface area contributed by atoms with E-state index in [1.165, 1.54) is 5.56 Å². The van der Waals surface area contributed by atoms with E-state index in [9.17, 15) is 0 Å². The molecule has 0 aliphatic carbocycles. The van der Waals surface area contributed by atoms with Gasteiger partial charge in [0.1, 0.15) is 0 Å². The quantitative estimate of drug-likeness (QED) is 0.641. The fourth-order valence-electron chi connectivity index (χ4n) is 1.30. The highest BCUT2D eigenvalue weighted by molar-refractivity contribution is 5.14. The molecule has 0 fully saturated rings. The zero-order valence-electron chi connectivity index (χ0n) is 9.61. The van der Waals surface area contributed by atoms with Crippen LogP contribution in [0.4, 0.5) is 0 Å². The standard InChI is InChI=1S/C13H20O2/c1-12(14-2)8-10-15-11-9-13-6-4-3-5-7-13/h3-7,12H,8-11H2,1-2H3. The van der Waals surface area contributed by atoms with Crippen LogP contribution in [0.15, 0.2) is 30.3 Å². The van der Waals surface area contributed by atoms with Gasteiger partial charge in [-0.25, -0.2) is 0 Å². The van der Waals surface area contributed by atoms with Gasteiger partial charge in [0.15, 0.2) is 0 Å². The Kier molecular flexibility index (Phi) is 6.05. The molecule has 1 aromatic rings. The minimum absolute atomic E-state index is 0.293. The monoisotopic (exact) mass is 208 g/mol. The van der Waals surface area contributed by atoms with E-state index < -0.39 is 0 Å². The summed E-state index contributed by atoms with van der Waals surface area (Å²) in [7, 11) is 1.73. The Morgan fingerprint density at radius 2 is 1.87 bits per heavy atom. The van der Waals surface area contributed by atoms with Crippen molar-refractivity contribution in [2.45, 2.75) is 25.9 Å². The van der Waals surface area contributed by atoms with Crippen LogP contribution in [0.5, 0.6) is 0 Å². The molecule has 0 heterocycles. The van der Waals surface area contributed by atoms with Crippen LogP contribution >= 0.6 is 0 Å². The van der Waals surface area contributed by atoms with Crippen LogP contribution in [0.25, 0.3) is 0 Å². The Hall–Kier alpha value is -0.860. The zero-order chi connectivity index (χ0) is 10.9. The predicted molar refractivity (Wildman–Crippen MR) is 62.1 cm³/mol. The fourth-order valence-corrected chi connectivity index (χ4v) is 1.30. The second-order valence-corrected chi connectivity index (χ2v) is 3.68. The first-order chi connectivity index (χ1) is 7.33. The third-order valence-electron chi connectivity index (χ3n) is 2.45. The summed E-state index contributed by atoms with van der Waals surface area (Å²) in [6.45, 7) is 3.63. The van der Waals surface area contributed by atoms with Crippen LogP contribution in [-0.4, -0.2) is 26.4 Å². The molecule has 0 amide bonds. The molecule has 0 N–H and O–H groups in total. The molecule has 2 heteroatoms. The minimum atomic E-state index is 0.293. The maximum absolute atomic E-state index is 5.53. The summed E-state index contributed by atoms with van der Waals surface area (Å²) in [5.41, 5.74) is 1.33. The molecule has 0 aliphatic heterocycles. The van der Waals surface area contributed by atoms with Gasteiger partial charge < -0.3 is 9.47 Å². The van der Waals surface area contributed by atoms with Crippen LogP contribution in [0.1, 0.15) is 18.9 Å². The summed E-state index contributed by atoms with van der Waals surface area (Å²) in [5, 5.41) is 0. The van der Waals surface area contributed by atoms with Crippen molar-refractivity contribution in [3.05, 3.63) is 35.9 Å². The van der Waals surface area contributed by atoms with Crippen molar-refractivity contribution in [1.82, 2.24) is 0 Å². The number of hydrogen-bond acceptors (Lipinski definition) is 2. The molecule has 15 heavy (non-hydrogen) atoms. The van der Waals surface area contributed by atoms with Gasteiger partial charge in [-0.3, -0.25) is 0 Å². The lowest BCUT2D eigenvalue weighted by Gasteiger charge is -2.09. The SMILES string of the molecule is COC(C)CCOCCc1ccccc1. The van der Waals surface area contributed by atoms with E-state index in [1.54, 1.807) is 7.11 Å². The molecule has 84 valence electrons. The van der Waals surface area contributed by atoms with E-state index in [-0.39, 0.29) is 0 Å². The number of ether oxygens (including phenoxy) is 2. The van der Waals surface area contributed by atoms with Gasteiger partial charge in [0, 0.05) is 13.7 Å². The van der Waals surface area contributed by atoms with Crippen molar-refractivity contribution < 1.29 is 9.47 Å². The number of hydrogen-bond donors (Lipinski definition) is 0. The minimum Gasteiger partial charge on any atom is -0.382 e. The summed E-state index contributed by atoms with van der Waals surface area (Å²) in [4.78, 5) is 0. The third kappa shape index (κ3) is 5.55. The molecule has 0 bridgehead atoms. The van der Waals surface area contributed by atoms with Crippen LogP contribution in [0, 0.1) is 0 Å². The summed E-state index contributed by atoms with van der Waals surface area (Å²) in [6.07, 6.45) is 2.25. The zero-order valence-corrected chi connectivity index (χ0v) is 9.61. The van der Waals surface area contributed by atoms with Gasteiger partial charge in [0.25, 0.3) is 0 Å². The first-order valence-electron chi connectivity index (χ1n) is 5.47. The average molecular weight is 208 g/mol. The molecule has 0 aromatic heterocycles. The molecular weight excluding hydrogens is 188 g/mol. The normalized spacial score (nSPS) is 12.7. The highest BCUT2D eigenvalue weighted by Crippen LogP contribution is 2.00. The first-order valence-corrected chi connectivity index (χ1v) is 5.47. The van der Waals surface area contributed by atoms with Crippen molar-refractivity contribution >= 4 is 0 Å². The topological polar surface area (TPSA) is 18.5 Å². The molecule has 0 spiro atoms. The number of benzene rings is 1. The Bertz CT molecular complexity index is 246. The van der Waals surface area contributed by atoms with E-state index in [0.29, 0.717) is 6.10 Å². The van der Waals surface area contributed by atoms with Gasteiger partial charge in [-0.1, -0.05) is 30.3 Å². The Morgan fingerprint density at radius 1 is 1.13 bits per heavy atom. The highest BCUT2D eigenvalue weighted by atomic mass is 16.5. The summed E-state index contributed by atoms with van der Waals surface area (Å²) < 4.78 is 10.7. The molecule has 0 radical (unpaired) electrons. The van der Waals surface area contributed by atoms with Crippen molar-refractivity contribution in [2.75, 3.05) is 20.3 Å². The van der Waals surface area contributed by atoms with Gasteiger partial charge >= 0.3 is 0 Å². The van der Waals surface area contributed by atoms with Gasteiger partial charge in [0.2, 0.25) is 0 Å².